The van der Waals surface area contributed by atoms with Crippen LogP contribution in [0.5, 0.6) is 0 Å². The molecule has 0 aliphatic heterocycles. The van der Waals surface area contributed by atoms with E-state index in [1.807, 2.05) is 0 Å². The first-order valence-corrected chi connectivity index (χ1v) is 4.76. The Bertz CT molecular complexity index is 221. The molecular formula is C9H15F2NO2. The summed E-state index contributed by atoms with van der Waals surface area (Å²) in [5.74, 6) is -4.22. The standard InChI is InChI=1S/C9H15F2NO2/c1-2-14-8(13)6-5-9(10,11)4-3-7(6)12/h6-7H,2-5,12H2,1H3/t6-,7-/m1/s1. The van der Waals surface area contributed by atoms with E-state index in [1.54, 1.807) is 6.92 Å². The van der Waals surface area contributed by atoms with Crippen molar-refractivity contribution in [1.29, 1.82) is 0 Å². The van der Waals surface area contributed by atoms with E-state index in [0.29, 0.717) is 0 Å². The van der Waals surface area contributed by atoms with Gasteiger partial charge in [0.15, 0.2) is 0 Å². The van der Waals surface area contributed by atoms with Crippen molar-refractivity contribution in [3.05, 3.63) is 0 Å². The fourth-order valence-corrected chi connectivity index (χ4v) is 1.66. The lowest BCUT2D eigenvalue weighted by atomic mass is 9.83. The van der Waals surface area contributed by atoms with Gasteiger partial charge in [-0.05, 0) is 13.3 Å². The smallest absolute Gasteiger partial charge is 0.310 e. The van der Waals surface area contributed by atoms with Gasteiger partial charge in [-0.15, -0.1) is 0 Å². The average Bonchev–Trinajstić information content (AvgIpc) is 2.10. The number of esters is 1. The van der Waals surface area contributed by atoms with Crippen LogP contribution in [0, 0.1) is 5.92 Å². The van der Waals surface area contributed by atoms with Crippen molar-refractivity contribution >= 4 is 5.97 Å². The Morgan fingerprint density at radius 1 is 1.64 bits per heavy atom. The second kappa shape index (κ2) is 4.21. The molecule has 0 amide bonds. The van der Waals surface area contributed by atoms with Crippen molar-refractivity contribution in [2.75, 3.05) is 6.61 Å². The van der Waals surface area contributed by atoms with Gasteiger partial charge in [0.2, 0.25) is 5.92 Å². The zero-order valence-corrected chi connectivity index (χ0v) is 8.13. The highest BCUT2D eigenvalue weighted by atomic mass is 19.3. The average molecular weight is 207 g/mol. The molecule has 0 heterocycles. The van der Waals surface area contributed by atoms with E-state index < -0.39 is 30.3 Å². The van der Waals surface area contributed by atoms with Gasteiger partial charge >= 0.3 is 5.97 Å². The van der Waals surface area contributed by atoms with E-state index in [2.05, 4.69) is 0 Å². The second-order valence-corrected chi connectivity index (χ2v) is 3.62. The molecule has 0 spiro atoms. The lowest BCUT2D eigenvalue weighted by molar-refractivity contribution is -0.156. The Kier molecular flexibility index (Phi) is 3.42. The maximum Gasteiger partial charge on any atom is 0.310 e. The summed E-state index contributed by atoms with van der Waals surface area (Å²) in [4.78, 5) is 11.3. The number of carbonyl (C=O) groups is 1. The number of hydrogen-bond acceptors (Lipinski definition) is 3. The van der Waals surface area contributed by atoms with E-state index in [-0.39, 0.29) is 19.4 Å². The van der Waals surface area contributed by atoms with Crippen LogP contribution in [0.15, 0.2) is 0 Å². The van der Waals surface area contributed by atoms with Crippen LogP contribution in [-0.4, -0.2) is 24.5 Å². The SMILES string of the molecule is CCOC(=O)[C@@H]1CC(F)(F)CC[C@H]1N. The Labute approximate surface area is 81.6 Å². The molecule has 0 aromatic rings. The largest absolute Gasteiger partial charge is 0.466 e. The van der Waals surface area contributed by atoms with E-state index in [0.717, 1.165) is 0 Å². The number of rotatable bonds is 2. The highest BCUT2D eigenvalue weighted by Crippen LogP contribution is 2.36. The third kappa shape index (κ3) is 2.64. The molecule has 0 radical (unpaired) electrons. The molecule has 2 atom stereocenters. The highest BCUT2D eigenvalue weighted by molar-refractivity contribution is 5.73. The predicted molar refractivity (Wildman–Crippen MR) is 46.9 cm³/mol. The van der Waals surface area contributed by atoms with Gasteiger partial charge < -0.3 is 10.5 Å². The third-order valence-corrected chi connectivity index (χ3v) is 2.47. The Morgan fingerprint density at radius 2 is 2.29 bits per heavy atom. The summed E-state index contributed by atoms with van der Waals surface area (Å²) in [5, 5.41) is 0. The lowest BCUT2D eigenvalue weighted by Gasteiger charge is -2.32. The predicted octanol–water partition coefficient (Wildman–Crippen LogP) is 1.31. The Hall–Kier alpha value is -0.710. The van der Waals surface area contributed by atoms with Crippen LogP contribution in [0.3, 0.4) is 0 Å². The van der Waals surface area contributed by atoms with E-state index in [4.69, 9.17) is 10.5 Å². The maximum absolute atomic E-state index is 13.0. The van der Waals surface area contributed by atoms with Crippen LogP contribution in [0.2, 0.25) is 0 Å². The molecule has 3 nitrogen and oxygen atoms in total. The Morgan fingerprint density at radius 3 is 2.86 bits per heavy atom. The first kappa shape index (κ1) is 11.4. The van der Waals surface area contributed by atoms with Gasteiger partial charge in [-0.1, -0.05) is 0 Å². The molecular weight excluding hydrogens is 192 g/mol. The molecule has 0 aromatic carbocycles. The minimum atomic E-state index is -2.77. The fourth-order valence-electron chi connectivity index (χ4n) is 1.66. The number of hydrogen-bond donors (Lipinski definition) is 1. The molecule has 1 fully saturated rings. The van der Waals surface area contributed by atoms with Gasteiger partial charge in [-0.3, -0.25) is 4.79 Å². The second-order valence-electron chi connectivity index (χ2n) is 3.62. The Balaban J connectivity index is 2.61. The van der Waals surface area contributed by atoms with Crippen molar-refractivity contribution in [2.24, 2.45) is 11.7 Å². The van der Waals surface area contributed by atoms with Crippen LogP contribution in [-0.2, 0) is 9.53 Å². The molecule has 0 saturated heterocycles. The molecule has 0 aromatic heterocycles. The monoisotopic (exact) mass is 207 g/mol. The molecule has 1 rings (SSSR count). The zero-order chi connectivity index (χ0) is 10.8. The van der Waals surface area contributed by atoms with Gasteiger partial charge in [0.25, 0.3) is 0 Å². The normalized spacial score (nSPS) is 31.1. The van der Waals surface area contributed by atoms with Crippen LogP contribution in [0.4, 0.5) is 8.78 Å². The summed E-state index contributed by atoms with van der Waals surface area (Å²) in [6.07, 6.45) is -0.534. The van der Waals surface area contributed by atoms with Crippen LogP contribution >= 0.6 is 0 Å². The highest BCUT2D eigenvalue weighted by Gasteiger charge is 2.43. The van der Waals surface area contributed by atoms with Crippen molar-refractivity contribution in [3.63, 3.8) is 0 Å². The van der Waals surface area contributed by atoms with Gasteiger partial charge in [0.1, 0.15) is 0 Å². The summed E-state index contributed by atoms with van der Waals surface area (Å²) >= 11 is 0. The number of ether oxygens (including phenoxy) is 1. The van der Waals surface area contributed by atoms with Gasteiger partial charge in [0.05, 0.1) is 12.5 Å². The summed E-state index contributed by atoms with van der Waals surface area (Å²) in [6, 6.07) is -0.492. The topological polar surface area (TPSA) is 52.3 Å². The van der Waals surface area contributed by atoms with Crippen LogP contribution in [0.25, 0.3) is 0 Å². The van der Waals surface area contributed by atoms with Gasteiger partial charge in [-0.2, -0.15) is 0 Å². The summed E-state index contributed by atoms with van der Waals surface area (Å²) in [6.45, 7) is 1.85. The first-order chi connectivity index (χ1) is 6.46. The minimum absolute atomic E-state index is 0.177. The molecule has 82 valence electrons. The molecule has 2 N–H and O–H groups in total. The van der Waals surface area contributed by atoms with Gasteiger partial charge in [-0.25, -0.2) is 8.78 Å². The fraction of sp³-hybridized carbons (Fsp3) is 0.889. The molecule has 1 aliphatic rings. The van der Waals surface area contributed by atoms with Crippen molar-refractivity contribution in [3.8, 4) is 0 Å². The van der Waals surface area contributed by atoms with Gasteiger partial charge in [0, 0.05) is 18.9 Å². The molecule has 5 heteroatoms. The van der Waals surface area contributed by atoms with Crippen molar-refractivity contribution < 1.29 is 18.3 Å². The van der Waals surface area contributed by atoms with E-state index in [1.165, 1.54) is 0 Å². The number of nitrogens with two attached hydrogens (primary N) is 1. The molecule has 0 bridgehead atoms. The van der Waals surface area contributed by atoms with Crippen molar-refractivity contribution in [1.82, 2.24) is 0 Å². The van der Waals surface area contributed by atoms with Crippen molar-refractivity contribution in [2.45, 2.75) is 38.2 Å². The number of alkyl halides is 2. The molecule has 14 heavy (non-hydrogen) atoms. The summed E-state index contributed by atoms with van der Waals surface area (Å²) in [7, 11) is 0. The lowest BCUT2D eigenvalue weighted by Crippen LogP contribution is -2.45. The summed E-state index contributed by atoms with van der Waals surface area (Å²) < 4.78 is 30.6. The maximum atomic E-state index is 13.0. The number of halogens is 2. The summed E-state index contributed by atoms with van der Waals surface area (Å²) in [5.41, 5.74) is 5.60. The van der Waals surface area contributed by atoms with E-state index in [9.17, 15) is 13.6 Å². The first-order valence-electron chi connectivity index (χ1n) is 4.76. The molecule has 1 saturated carbocycles. The van der Waals surface area contributed by atoms with Crippen LogP contribution < -0.4 is 5.73 Å². The zero-order valence-electron chi connectivity index (χ0n) is 8.13. The minimum Gasteiger partial charge on any atom is -0.466 e. The van der Waals surface area contributed by atoms with E-state index >= 15 is 0 Å². The molecule has 1 aliphatic carbocycles. The molecule has 0 unspecified atom stereocenters. The quantitative estimate of drug-likeness (QED) is 0.694. The number of carbonyl (C=O) groups excluding carboxylic acids is 1. The van der Waals surface area contributed by atoms with Crippen LogP contribution in [0.1, 0.15) is 26.2 Å². The third-order valence-electron chi connectivity index (χ3n) is 2.47.